The molecular formula is C21H27N5O7S. The normalized spacial score (nSPS) is 15.4. The zero-order valence-electron chi connectivity index (χ0n) is 18.9. The molecule has 0 aliphatic carbocycles. The first-order valence-electron chi connectivity index (χ1n) is 10.4. The number of hydrogen-bond acceptors (Lipinski definition) is 10. The Balaban J connectivity index is 1.86. The van der Waals surface area contributed by atoms with Crippen LogP contribution in [0.25, 0.3) is 0 Å². The van der Waals surface area contributed by atoms with E-state index in [1.807, 2.05) is 4.90 Å². The van der Waals surface area contributed by atoms with E-state index in [1.165, 1.54) is 36.9 Å². The van der Waals surface area contributed by atoms with Crippen molar-refractivity contribution in [3.63, 3.8) is 0 Å². The Labute approximate surface area is 197 Å². The summed E-state index contributed by atoms with van der Waals surface area (Å²) in [6.07, 6.45) is 1.47. The summed E-state index contributed by atoms with van der Waals surface area (Å²) in [6.45, 7) is 1.77. The number of nitrogens with one attached hydrogen (secondary N) is 1. The molecule has 0 unspecified atom stereocenters. The van der Waals surface area contributed by atoms with E-state index in [9.17, 15) is 18.5 Å². The van der Waals surface area contributed by atoms with Gasteiger partial charge in [-0.1, -0.05) is 0 Å². The van der Waals surface area contributed by atoms with Crippen LogP contribution in [0, 0.1) is 10.1 Å². The first-order chi connectivity index (χ1) is 16.3. The number of rotatable bonds is 10. The molecule has 1 aliphatic heterocycles. The Kier molecular flexibility index (Phi) is 8.39. The van der Waals surface area contributed by atoms with Crippen molar-refractivity contribution in [1.29, 1.82) is 0 Å². The molecule has 1 heterocycles. The SMILES string of the molecule is COc1ccc(/C=N\Nc2ccc([N+](=O)[O-])cc2S(=O)(=O)N2CCN(CCO)CC2)cc1OC. The van der Waals surface area contributed by atoms with E-state index in [2.05, 4.69) is 10.5 Å². The minimum absolute atomic E-state index is 0.0101. The van der Waals surface area contributed by atoms with Crippen LogP contribution in [0.1, 0.15) is 5.56 Å². The molecule has 0 aromatic heterocycles. The van der Waals surface area contributed by atoms with Gasteiger partial charge >= 0.3 is 0 Å². The monoisotopic (exact) mass is 493 g/mol. The van der Waals surface area contributed by atoms with Crippen molar-refractivity contribution in [2.24, 2.45) is 5.10 Å². The van der Waals surface area contributed by atoms with E-state index in [0.717, 1.165) is 6.07 Å². The van der Waals surface area contributed by atoms with Gasteiger partial charge in [0, 0.05) is 44.9 Å². The number of aliphatic hydroxyl groups is 1. The van der Waals surface area contributed by atoms with Crippen LogP contribution < -0.4 is 14.9 Å². The van der Waals surface area contributed by atoms with E-state index < -0.39 is 14.9 Å². The molecule has 1 saturated heterocycles. The number of non-ortho nitro benzene ring substituents is 1. The second-order valence-corrected chi connectivity index (χ2v) is 9.30. The van der Waals surface area contributed by atoms with E-state index in [4.69, 9.17) is 14.6 Å². The third-order valence-electron chi connectivity index (χ3n) is 5.35. The number of nitrogens with zero attached hydrogens (tertiary/aromatic N) is 4. The number of nitro benzene ring substituents is 1. The van der Waals surface area contributed by atoms with Gasteiger partial charge in [-0.05, 0) is 29.8 Å². The molecule has 2 N–H and O–H groups in total. The number of piperazine rings is 1. The minimum atomic E-state index is -4.04. The zero-order valence-corrected chi connectivity index (χ0v) is 19.7. The first-order valence-corrected chi connectivity index (χ1v) is 11.9. The summed E-state index contributed by atoms with van der Waals surface area (Å²) >= 11 is 0. The average molecular weight is 494 g/mol. The summed E-state index contributed by atoms with van der Waals surface area (Å²) in [5.74, 6) is 1.06. The van der Waals surface area contributed by atoms with E-state index in [1.54, 1.807) is 18.2 Å². The molecule has 3 rings (SSSR count). The van der Waals surface area contributed by atoms with Gasteiger partial charge in [0.15, 0.2) is 11.5 Å². The fraction of sp³-hybridized carbons (Fsp3) is 0.381. The molecule has 0 amide bonds. The molecular weight excluding hydrogens is 466 g/mol. The Hall–Kier alpha value is -3.26. The number of β-amino-alcohol motifs (C(OH)–C–C–N with tert-alkyl or cyclic N) is 1. The van der Waals surface area contributed by atoms with Crippen molar-refractivity contribution >= 4 is 27.6 Å². The van der Waals surface area contributed by atoms with Crippen LogP contribution in [0.4, 0.5) is 11.4 Å². The fourth-order valence-corrected chi connectivity index (χ4v) is 5.10. The van der Waals surface area contributed by atoms with Crippen LogP contribution in [0.2, 0.25) is 0 Å². The Morgan fingerprint density at radius 2 is 1.82 bits per heavy atom. The highest BCUT2D eigenvalue weighted by molar-refractivity contribution is 7.89. The number of sulfonamides is 1. The van der Waals surface area contributed by atoms with Crippen molar-refractivity contribution in [3.05, 3.63) is 52.1 Å². The molecule has 34 heavy (non-hydrogen) atoms. The number of nitro groups is 1. The summed E-state index contributed by atoms with van der Waals surface area (Å²) in [5, 5.41) is 24.5. The van der Waals surface area contributed by atoms with Crippen LogP contribution in [0.15, 0.2) is 46.4 Å². The second kappa shape index (κ2) is 11.2. The second-order valence-electron chi connectivity index (χ2n) is 7.39. The lowest BCUT2D eigenvalue weighted by Gasteiger charge is -2.33. The molecule has 2 aromatic rings. The molecule has 13 heteroatoms. The van der Waals surface area contributed by atoms with E-state index >= 15 is 0 Å². The van der Waals surface area contributed by atoms with Gasteiger partial charge < -0.3 is 14.6 Å². The molecule has 0 bridgehead atoms. The Bertz CT molecular complexity index is 1150. The number of anilines is 1. The molecule has 0 radical (unpaired) electrons. The number of ether oxygens (including phenoxy) is 2. The molecule has 0 saturated carbocycles. The molecule has 0 atom stereocenters. The average Bonchev–Trinajstić information content (AvgIpc) is 2.84. The van der Waals surface area contributed by atoms with Crippen LogP contribution >= 0.6 is 0 Å². The Morgan fingerprint density at radius 1 is 1.12 bits per heavy atom. The van der Waals surface area contributed by atoms with E-state index in [0.29, 0.717) is 36.7 Å². The summed E-state index contributed by atoms with van der Waals surface area (Å²) in [4.78, 5) is 12.4. The predicted octanol–water partition coefficient (Wildman–Crippen LogP) is 1.36. The number of aliphatic hydroxyl groups excluding tert-OH is 1. The quantitative estimate of drug-likeness (QED) is 0.284. The van der Waals surface area contributed by atoms with Crippen molar-refractivity contribution in [3.8, 4) is 11.5 Å². The lowest BCUT2D eigenvalue weighted by atomic mass is 10.2. The smallest absolute Gasteiger partial charge is 0.270 e. The highest BCUT2D eigenvalue weighted by atomic mass is 32.2. The van der Waals surface area contributed by atoms with Crippen LogP contribution in [-0.4, -0.2) is 87.4 Å². The van der Waals surface area contributed by atoms with Gasteiger partial charge in [-0.2, -0.15) is 9.41 Å². The number of benzene rings is 2. The molecule has 0 spiro atoms. The number of methoxy groups -OCH3 is 2. The van der Waals surface area contributed by atoms with Gasteiger partial charge in [0.25, 0.3) is 5.69 Å². The lowest BCUT2D eigenvalue weighted by Crippen LogP contribution is -2.49. The van der Waals surface area contributed by atoms with Crippen molar-refractivity contribution in [2.75, 3.05) is 59.0 Å². The summed E-state index contributed by atoms with van der Waals surface area (Å²) in [6, 6.07) is 8.71. The maximum atomic E-state index is 13.3. The van der Waals surface area contributed by atoms with Crippen LogP contribution in [-0.2, 0) is 10.0 Å². The maximum Gasteiger partial charge on any atom is 0.270 e. The fourth-order valence-electron chi connectivity index (χ4n) is 3.51. The van der Waals surface area contributed by atoms with Gasteiger partial charge in [0.1, 0.15) is 4.90 Å². The molecule has 12 nitrogen and oxygen atoms in total. The van der Waals surface area contributed by atoms with Gasteiger partial charge in [-0.15, -0.1) is 0 Å². The first kappa shape index (κ1) is 25.4. The summed E-state index contributed by atoms with van der Waals surface area (Å²) in [5.41, 5.74) is 3.13. The molecule has 2 aromatic carbocycles. The van der Waals surface area contributed by atoms with Gasteiger partial charge in [0.05, 0.1) is 37.7 Å². The van der Waals surface area contributed by atoms with Gasteiger partial charge in [0.2, 0.25) is 10.0 Å². The van der Waals surface area contributed by atoms with Crippen molar-refractivity contribution in [1.82, 2.24) is 9.21 Å². The third-order valence-corrected chi connectivity index (χ3v) is 7.29. The van der Waals surface area contributed by atoms with Gasteiger partial charge in [-0.3, -0.25) is 20.4 Å². The van der Waals surface area contributed by atoms with Crippen LogP contribution in [0.5, 0.6) is 11.5 Å². The van der Waals surface area contributed by atoms with Crippen molar-refractivity contribution < 1.29 is 27.9 Å². The maximum absolute atomic E-state index is 13.3. The number of hydrogen-bond donors (Lipinski definition) is 2. The summed E-state index contributed by atoms with van der Waals surface area (Å²) in [7, 11) is -1.00. The zero-order chi connectivity index (χ0) is 24.7. The predicted molar refractivity (Wildman–Crippen MR) is 126 cm³/mol. The highest BCUT2D eigenvalue weighted by Gasteiger charge is 2.31. The minimum Gasteiger partial charge on any atom is -0.493 e. The van der Waals surface area contributed by atoms with E-state index in [-0.39, 0.29) is 36.0 Å². The molecule has 184 valence electrons. The lowest BCUT2D eigenvalue weighted by molar-refractivity contribution is -0.385. The summed E-state index contributed by atoms with van der Waals surface area (Å²) < 4.78 is 38.4. The van der Waals surface area contributed by atoms with Crippen molar-refractivity contribution in [2.45, 2.75) is 4.90 Å². The largest absolute Gasteiger partial charge is 0.493 e. The molecule has 1 fully saturated rings. The topological polar surface area (TPSA) is 147 Å². The highest BCUT2D eigenvalue weighted by Crippen LogP contribution is 2.30. The third kappa shape index (κ3) is 5.80. The number of hydrazone groups is 1. The van der Waals surface area contributed by atoms with Crippen LogP contribution in [0.3, 0.4) is 0 Å². The standard InChI is InChI=1S/C21H27N5O7S/c1-32-19-6-3-16(13-20(19)33-2)15-22-23-18-5-4-17(26(28)29)14-21(18)34(30,31)25-9-7-24(8-10-25)11-12-27/h3-6,13-15,23,27H,7-12H2,1-2H3/b22-15-. The molecule has 1 aliphatic rings. The van der Waals surface area contributed by atoms with Gasteiger partial charge in [-0.25, -0.2) is 8.42 Å². The Morgan fingerprint density at radius 3 is 2.44 bits per heavy atom.